The van der Waals surface area contributed by atoms with E-state index in [1.807, 2.05) is 37.4 Å². The molecule has 1 aliphatic rings. The zero-order valence-corrected chi connectivity index (χ0v) is 14.7. The van der Waals surface area contributed by atoms with E-state index in [0.29, 0.717) is 5.92 Å². The van der Waals surface area contributed by atoms with Crippen molar-refractivity contribution in [3.63, 3.8) is 0 Å². The standard InChI is InChI=1S/C21H25N3O/c1-22-20-13-12-18(14-21(20)24(2)25)17-10-8-16(9-11-17)15-23-19-6-4-3-5-7-19/h3-10,12-14,17,22-23,25H,11,15H2,1-2H3. The van der Waals surface area contributed by atoms with Gasteiger partial charge < -0.3 is 10.6 Å². The summed E-state index contributed by atoms with van der Waals surface area (Å²) in [5.41, 5.74) is 5.34. The number of hydroxylamine groups is 1. The number of para-hydroxylation sites is 1. The molecule has 0 saturated heterocycles. The predicted octanol–water partition coefficient (Wildman–Crippen LogP) is 4.64. The van der Waals surface area contributed by atoms with Crippen LogP contribution in [0.25, 0.3) is 0 Å². The van der Waals surface area contributed by atoms with Gasteiger partial charge in [0.25, 0.3) is 0 Å². The molecule has 2 aromatic carbocycles. The van der Waals surface area contributed by atoms with E-state index < -0.39 is 0 Å². The molecule has 0 aromatic heterocycles. The van der Waals surface area contributed by atoms with Crippen LogP contribution >= 0.6 is 0 Å². The highest BCUT2D eigenvalue weighted by Gasteiger charge is 2.14. The second-order valence-electron chi connectivity index (χ2n) is 6.25. The normalized spacial score (nSPS) is 16.3. The minimum atomic E-state index is 0.338. The van der Waals surface area contributed by atoms with Gasteiger partial charge >= 0.3 is 0 Å². The van der Waals surface area contributed by atoms with Crippen LogP contribution in [0.4, 0.5) is 17.1 Å². The first-order chi connectivity index (χ1) is 12.2. The van der Waals surface area contributed by atoms with E-state index in [0.717, 1.165) is 35.1 Å². The molecule has 1 aliphatic carbocycles. The fourth-order valence-corrected chi connectivity index (χ4v) is 3.06. The lowest BCUT2D eigenvalue weighted by molar-refractivity contribution is 0.280. The third kappa shape index (κ3) is 4.22. The van der Waals surface area contributed by atoms with Crippen LogP contribution in [0.3, 0.4) is 0 Å². The molecule has 0 amide bonds. The number of nitrogens with zero attached hydrogens (tertiary/aromatic N) is 1. The number of hydrogen-bond donors (Lipinski definition) is 3. The van der Waals surface area contributed by atoms with Crippen molar-refractivity contribution in [2.45, 2.75) is 12.3 Å². The summed E-state index contributed by atoms with van der Waals surface area (Å²) in [6.45, 7) is 0.830. The van der Waals surface area contributed by atoms with Crippen LogP contribution in [0.1, 0.15) is 17.9 Å². The van der Waals surface area contributed by atoms with Crippen LogP contribution in [-0.2, 0) is 0 Å². The lowest BCUT2D eigenvalue weighted by Gasteiger charge is -2.21. The second kappa shape index (κ2) is 7.90. The fourth-order valence-electron chi connectivity index (χ4n) is 3.06. The smallest absolute Gasteiger partial charge is 0.0864 e. The molecule has 0 aliphatic heterocycles. The molecule has 0 spiro atoms. The molecule has 1 unspecified atom stereocenters. The SMILES string of the molecule is CNc1ccc(C2C=CC(CNc3ccccc3)=CC2)cc1N(C)O. The fraction of sp³-hybridized carbons (Fsp3) is 0.238. The van der Waals surface area contributed by atoms with E-state index in [1.165, 1.54) is 11.1 Å². The van der Waals surface area contributed by atoms with Crippen molar-refractivity contribution in [2.75, 3.05) is 36.3 Å². The van der Waals surface area contributed by atoms with Crippen molar-refractivity contribution >= 4 is 17.1 Å². The minimum absolute atomic E-state index is 0.338. The summed E-state index contributed by atoms with van der Waals surface area (Å²) in [6.07, 6.45) is 7.70. The molecule has 0 heterocycles. The van der Waals surface area contributed by atoms with Gasteiger partial charge in [-0.1, -0.05) is 42.5 Å². The number of anilines is 3. The molecular formula is C21H25N3O. The average molecular weight is 335 g/mol. The van der Waals surface area contributed by atoms with Crippen LogP contribution in [0, 0.1) is 0 Å². The van der Waals surface area contributed by atoms with Gasteiger partial charge in [0, 0.05) is 32.2 Å². The molecule has 0 saturated carbocycles. The first-order valence-electron chi connectivity index (χ1n) is 8.58. The third-order valence-corrected chi connectivity index (χ3v) is 4.51. The van der Waals surface area contributed by atoms with Gasteiger partial charge in [-0.2, -0.15) is 0 Å². The lowest BCUT2D eigenvalue weighted by Crippen LogP contribution is -2.13. The summed E-state index contributed by atoms with van der Waals surface area (Å²) in [6, 6.07) is 16.4. The van der Waals surface area contributed by atoms with Gasteiger partial charge in [0.1, 0.15) is 0 Å². The number of benzene rings is 2. The molecule has 2 aromatic rings. The molecule has 4 heteroatoms. The third-order valence-electron chi connectivity index (χ3n) is 4.51. The van der Waals surface area contributed by atoms with E-state index in [4.69, 9.17) is 0 Å². The highest BCUT2D eigenvalue weighted by molar-refractivity contribution is 5.70. The molecule has 130 valence electrons. The zero-order valence-electron chi connectivity index (χ0n) is 14.7. The molecule has 3 N–H and O–H groups in total. The largest absolute Gasteiger partial charge is 0.386 e. The topological polar surface area (TPSA) is 47.5 Å². The van der Waals surface area contributed by atoms with Gasteiger partial charge in [-0.05, 0) is 41.8 Å². The predicted molar refractivity (Wildman–Crippen MR) is 106 cm³/mol. The quantitative estimate of drug-likeness (QED) is 0.673. The Morgan fingerprint density at radius 3 is 2.60 bits per heavy atom. The molecular weight excluding hydrogens is 310 g/mol. The van der Waals surface area contributed by atoms with E-state index in [9.17, 15) is 5.21 Å². The minimum Gasteiger partial charge on any atom is -0.386 e. The highest BCUT2D eigenvalue weighted by atomic mass is 16.5. The monoisotopic (exact) mass is 335 g/mol. The number of nitrogens with one attached hydrogen (secondary N) is 2. The van der Waals surface area contributed by atoms with E-state index in [1.54, 1.807) is 7.05 Å². The van der Waals surface area contributed by atoms with Crippen molar-refractivity contribution in [1.29, 1.82) is 0 Å². The maximum atomic E-state index is 9.83. The van der Waals surface area contributed by atoms with Crippen molar-refractivity contribution in [1.82, 2.24) is 0 Å². The van der Waals surface area contributed by atoms with Crippen molar-refractivity contribution in [3.05, 3.63) is 77.9 Å². The Hall–Kier alpha value is -2.72. The first-order valence-corrected chi connectivity index (χ1v) is 8.58. The zero-order chi connectivity index (χ0) is 17.6. The van der Waals surface area contributed by atoms with Crippen LogP contribution in [0.15, 0.2) is 72.3 Å². The van der Waals surface area contributed by atoms with Gasteiger partial charge in [-0.3, -0.25) is 10.3 Å². The molecule has 4 nitrogen and oxygen atoms in total. The van der Waals surface area contributed by atoms with Crippen LogP contribution in [-0.4, -0.2) is 25.8 Å². The molecule has 0 radical (unpaired) electrons. The van der Waals surface area contributed by atoms with E-state index in [-0.39, 0.29) is 0 Å². The van der Waals surface area contributed by atoms with Crippen molar-refractivity contribution in [3.8, 4) is 0 Å². The first kappa shape index (κ1) is 17.1. The molecule has 0 bridgehead atoms. The van der Waals surface area contributed by atoms with E-state index in [2.05, 4.69) is 47.1 Å². The summed E-state index contributed by atoms with van der Waals surface area (Å²) in [5, 5.41) is 17.5. The molecule has 0 fully saturated rings. The highest BCUT2D eigenvalue weighted by Crippen LogP contribution is 2.32. The molecule has 25 heavy (non-hydrogen) atoms. The summed E-state index contributed by atoms with van der Waals surface area (Å²) in [5.74, 6) is 0.338. The summed E-state index contributed by atoms with van der Waals surface area (Å²) < 4.78 is 0. The number of hydrogen-bond acceptors (Lipinski definition) is 4. The second-order valence-corrected chi connectivity index (χ2v) is 6.25. The number of rotatable bonds is 6. The Kier molecular flexibility index (Phi) is 5.41. The average Bonchev–Trinajstić information content (AvgIpc) is 2.67. The van der Waals surface area contributed by atoms with E-state index >= 15 is 0 Å². The van der Waals surface area contributed by atoms with Crippen LogP contribution < -0.4 is 15.7 Å². The summed E-state index contributed by atoms with van der Waals surface area (Å²) >= 11 is 0. The number of allylic oxidation sites excluding steroid dienone is 2. The van der Waals surface area contributed by atoms with Gasteiger partial charge in [-0.15, -0.1) is 0 Å². The van der Waals surface area contributed by atoms with Crippen molar-refractivity contribution in [2.24, 2.45) is 0 Å². The lowest BCUT2D eigenvalue weighted by atomic mass is 9.89. The Bertz CT molecular complexity index is 766. The molecule has 3 rings (SSSR count). The summed E-state index contributed by atoms with van der Waals surface area (Å²) in [7, 11) is 3.50. The summed E-state index contributed by atoms with van der Waals surface area (Å²) in [4.78, 5) is 0. The van der Waals surface area contributed by atoms with Crippen LogP contribution in [0.5, 0.6) is 0 Å². The Labute approximate surface area is 149 Å². The van der Waals surface area contributed by atoms with Crippen LogP contribution in [0.2, 0.25) is 0 Å². The van der Waals surface area contributed by atoms with Gasteiger partial charge in [0.2, 0.25) is 0 Å². The van der Waals surface area contributed by atoms with Gasteiger partial charge in [-0.25, -0.2) is 0 Å². The Morgan fingerprint density at radius 2 is 1.96 bits per heavy atom. The Balaban J connectivity index is 1.65. The van der Waals surface area contributed by atoms with Gasteiger partial charge in [0.15, 0.2) is 0 Å². The maximum absolute atomic E-state index is 9.83. The van der Waals surface area contributed by atoms with Gasteiger partial charge in [0.05, 0.1) is 11.4 Å². The van der Waals surface area contributed by atoms with Crippen molar-refractivity contribution < 1.29 is 5.21 Å². The molecule has 1 atom stereocenters. The maximum Gasteiger partial charge on any atom is 0.0864 e. The Morgan fingerprint density at radius 1 is 1.16 bits per heavy atom.